The number of sulfone groups is 1. The average Bonchev–Trinajstić information content (AvgIpc) is 2.70. The summed E-state index contributed by atoms with van der Waals surface area (Å²) in [6, 6.07) is 0. The second-order valence-electron chi connectivity index (χ2n) is 8.02. The standard InChI is InChI=1S/C10H18O5S.C10H18O3S/c1-7(11)9(10(12)15-2)8-3-5-16(13,14)6-4-8;1-7(11)9(10(12)13-2)8-3-5-14-6-4-8/h7-9,11H,3-6H2,1-2H3;7-9,11H,3-6H2,1-2H3. The van der Waals surface area contributed by atoms with Gasteiger partial charge in [-0.05, 0) is 62.9 Å². The summed E-state index contributed by atoms with van der Waals surface area (Å²) in [6.45, 7) is 3.20. The first-order chi connectivity index (χ1) is 14.0. The largest absolute Gasteiger partial charge is 0.469 e. The van der Waals surface area contributed by atoms with Crippen molar-refractivity contribution in [3.8, 4) is 0 Å². The zero-order valence-electron chi connectivity index (χ0n) is 18.3. The SMILES string of the molecule is COC(=O)C(C(C)O)C1CCS(=O)(=O)CC1.COC(=O)C(C(C)O)C1CCSCC1. The van der Waals surface area contributed by atoms with Crippen molar-refractivity contribution >= 4 is 33.5 Å². The Labute approximate surface area is 184 Å². The van der Waals surface area contributed by atoms with Gasteiger partial charge in [-0.2, -0.15) is 11.8 Å². The number of hydrogen-bond donors (Lipinski definition) is 2. The van der Waals surface area contributed by atoms with E-state index >= 15 is 0 Å². The van der Waals surface area contributed by atoms with Crippen LogP contribution in [0.1, 0.15) is 39.5 Å². The quantitative estimate of drug-likeness (QED) is 0.554. The van der Waals surface area contributed by atoms with E-state index in [9.17, 15) is 28.2 Å². The number of rotatable bonds is 6. The fourth-order valence-corrected chi connectivity index (χ4v) is 6.85. The minimum absolute atomic E-state index is 0.0951. The van der Waals surface area contributed by atoms with Crippen molar-refractivity contribution in [2.75, 3.05) is 37.2 Å². The van der Waals surface area contributed by atoms with Crippen molar-refractivity contribution < 1.29 is 37.7 Å². The average molecular weight is 469 g/mol. The van der Waals surface area contributed by atoms with Crippen LogP contribution in [0.25, 0.3) is 0 Å². The van der Waals surface area contributed by atoms with E-state index in [1.807, 2.05) is 11.8 Å². The summed E-state index contributed by atoms with van der Waals surface area (Å²) in [7, 11) is -0.282. The molecule has 10 heteroatoms. The number of esters is 2. The molecule has 2 rings (SSSR count). The number of hydrogen-bond acceptors (Lipinski definition) is 9. The van der Waals surface area contributed by atoms with Gasteiger partial charge in [0.25, 0.3) is 0 Å². The predicted octanol–water partition coefficient (Wildman–Crippen LogP) is 1.28. The smallest absolute Gasteiger partial charge is 0.311 e. The Hall–Kier alpha value is -0.840. The molecule has 2 aliphatic rings. The molecule has 0 aromatic rings. The molecule has 4 unspecified atom stereocenters. The number of ether oxygens (including phenoxy) is 2. The van der Waals surface area contributed by atoms with E-state index < -0.39 is 33.9 Å². The molecule has 30 heavy (non-hydrogen) atoms. The number of carbonyl (C=O) groups excluding carboxylic acids is 2. The van der Waals surface area contributed by atoms with Gasteiger partial charge in [0.05, 0.1) is 49.8 Å². The molecule has 2 heterocycles. The van der Waals surface area contributed by atoms with E-state index in [2.05, 4.69) is 4.74 Å². The summed E-state index contributed by atoms with van der Waals surface area (Å²) >= 11 is 1.91. The van der Waals surface area contributed by atoms with E-state index in [0.717, 1.165) is 24.3 Å². The second-order valence-corrected chi connectivity index (χ2v) is 11.5. The van der Waals surface area contributed by atoms with Crippen LogP contribution in [0.5, 0.6) is 0 Å². The van der Waals surface area contributed by atoms with Gasteiger partial charge in [0.2, 0.25) is 0 Å². The third-order valence-electron chi connectivity index (χ3n) is 5.87. The zero-order chi connectivity index (χ0) is 22.9. The molecule has 2 fully saturated rings. The summed E-state index contributed by atoms with van der Waals surface area (Å²) in [6.07, 6.45) is 1.46. The van der Waals surface area contributed by atoms with Crippen molar-refractivity contribution in [3.63, 3.8) is 0 Å². The molecule has 0 bridgehead atoms. The van der Waals surface area contributed by atoms with E-state index in [1.54, 1.807) is 6.92 Å². The van der Waals surface area contributed by atoms with Gasteiger partial charge in [0, 0.05) is 0 Å². The molecule has 2 saturated heterocycles. The van der Waals surface area contributed by atoms with Gasteiger partial charge in [0.15, 0.2) is 0 Å². The lowest BCUT2D eigenvalue weighted by atomic mass is 9.84. The van der Waals surface area contributed by atoms with Crippen molar-refractivity contribution in [3.05, 3.63) is 0 Å². The fraction of sp³-hybridized carbons (Fsp3) is 0.900. The maximum Gasteiger partial charge on any atom is 0.311 e. The first kappa shape index (κ1) is 27.2. The van der Waals surface area contributed by atoms with E-state index in [-0.39, 0.29) is 29.3 Å². The molecule has 4 atom stereocenters. The van der Waals surface area contributed by atoms with Gasteiger partial charge in [-0.15, -0.1) is 0 Å². The third kappa shape index (κ3) is 8.36. The Bertz CT molecular complexity index is 627. The molecule has 0 aromatic carbocycles. The van der Waals surface area contributed by atoms with E-state index in [1.165, 1.54) is 21.1 Å². The zero-order valence-corrected chi connectivity index (χ0v) is 19.9. The Morgan fingerprint density at radius 3 is 1.53 bits per heavy atom. The van der Waals surface area contributed by atoms with Gasteiger partial charge in [-0.1, -0.05) is 0 Å². The first-order valence-electron chi connectivity index (χ1n) is 10.3. The molecule has 2 aliphatic heterocycles. The molecule has 2 N–H and O–H groups in total. The van der Waals surface area contributed by atoms with Crippen LogP contribution in [0.3, 0.4) is 0 Å². The Balaban J connectivity index is 0.000000303. The number of methoxy groups -OCH3 is 2. The van der Waals surface area contributed by atoms with Crippen molar-refractivity contribution in [1.82, 2.24) is 0 Å². The minimum atomic E-state index is -2.94. The molecule has 0 amide bonds. The molecular formula is C20H36O8S2. The lowest BCUT2D eigenvalue weighted by Gasteiger charge is -2.29. The lowest BCUT2D eigenvalue weighted by Crippen LogP contribution is -2.38. The van der Waals surface area contributed by atoms with Crippen LogP contribution in [0.4, 0.5) is 0 Å². The summed E-state index contributed by atoms with van der Waals surface area (Å²) in [5.41, 5.74) is 0. The van der Waals surface area contributed by atoms with Crippen LogP contribution in [-0.4, -0.2) is 80.0 Å². The highest BCUT2D eigenvalue weighted by molar-refractivity contribution is 7.99. The Kier molecular flexibility index (Phi) is 11.7. The van der Waals surface area contributed by atoms with Crippen molar-refractivity contribution in [2.45, 2.75) is 51.7 Å². The first-order valence-corrected chi connectivity index (χ1v) is 13.3. The maximum absolute atomic E-state index is 11.5. The van der Waals surface area contributed by atoms with Crippen LogP contribution in [0, 0.1) is 23.7 Å². The van der Waals surface area contributed by atoms with Gasteiger partial charge in [-0.25, -0.2) is 8.42 Å². The molecule has 0 aliphatic carbocycles. The van der Waals surface area contributed by atoms with Gasteiger partial charge < -0.3 is 19.7 Å². The number of thioether (sulfide) groups is 1. The Morgan fingerprint density at radius 1 is 0.833 bits per heavy atom. The van der Waals surface area contributed by atoms with Crippen LogP contribution >= 0.6 is 11.8 Å². The fourth-order valence-electron chi connectivity index (χ4n) is 4.18. The highest BCUT2D eigenvalue weighted by Gasteiger charge is 2.37. The van der Waals surface area contributed by atoms with E-state index in [0.29, 0.717) is 18.8 Å². The van der Waals surface area contributed by atoms with Gasteiger partial charge >= 0.3 is 11.9 Å². The predicted molar refractivity (Wildman–Crippen MR) is 116 cm³/mol. The third-order valence-corrected chi connectivity index (χ3v) is 8.63. The molecule has 0 spiro atoms. The Morgan fingerprint density at radius 2 is 1.20 bits per heavy atom. The van der Waals surface area contributed by atoms with Crippen LogP contribution < -0.4 is 0 Å². The maximum atomic E-state index is 11.5. The molecule has 0 aromatic heterocycles. The molecule has 8 nitrogen and oxygen atoms in total. The highest BCUT2D eigenvalue weighted by atomic mass is 32.2. The molecule has 176 valence electrons. The lowest BCUT2D eigenvalue weighted by molar-refractivity contribution is -0.153. The van der Waals surface area contributed by atoms with Crippen LogP contribution in [0.2, 0.25) is 0 Å². The minimum Gasteiger partial charge on any atom is -0.469 e. The number of aliphatic hydroxyl groups is 2. The molecule has 0 radical (unpaired) electrons. The van der Waals surface area contributed by atoms with Crippen molar-refractivity contribution in [1.29, 1.82) is 0 Å². The summed E-state index contributed by atoms with van der Waals surface area (Å²) in [4.78, 5) is 22.9. The monoisotopic (exact) mass is 468 g/mol. The normalized spacial score (nSPS) is 23.8. The van der Waals surface area contributed by atoms with Crippen LogP contribution in [0.15, 0.2) is 0 Å². The molecular weight excluding hydrogens is 432 g/mol. The van der Waals surface area contributed by atoms with Crippen LogP contribution in [-0.2, 0) is 28.9 Å². The van der Waals surface area contributed by atoms with Gasteiger partial charge in [-0.3, -0.25) is 9.59 Å². The van der Waals surface area contributed by atoms with Gasteiger partial charge in [0.1, 0.15) is 9.84 Å². The number of aliphatic hydroxyl groups excluding tert-OH is 2. The van der Waals surface area contributed by atoms with Crippen molar-refractivity contribution in [2.24, 2.45) is 23.7 Å². The second kappa shape index (κ2) is 12.9. The number of carbonyl (C=O) groups is 2. The van der Waals surface area contributed by atoms with E-state index in [4.69, 9.17) is 4.74 Å². The highest BCUT2D eigenvalue weighted by Crippen LogP contribution is 2.31. The topological polar surface area (TPSA) is 127 Å². The summed E-state index contributed by atoms with van der Waals surface area (Å²) < 4.78 is 31.9. The molecule has 0 saturated carbocycles. The summed E-state index contributed by atoms with van der Waals surface area (Å²) in [5.74, 6) is 0.892. The summed E-state index contributed by atoms with van der Waals surface area (Å²) in [5, 5.41) is 19.1.